The van der Waals surface area contributed by atoms with Crippen molar-refractivity contribution in [1.29, 1.82) is 0 Å². The lowest BCUT2D eigenvalue weighted by Crippen LogP contribution is -2.20. The molecular formula is C20H15F2N3O2S. The maximum atomic E-state index is 13.3. The molecule has 0 saturated heterocycles. The maximum absolute atomic E-state index is 13.3. The van der Waals surface area contributed by atoms with Crippen LogP contribution in [-0.4, -0.2) is 16.8 Å². The van der Waals surface area contributed by atoms with Crippen LogP contribution in [0.1, 0.15) is 33.3 Å². The zero-order chi connectivity index (χ0) is 19.7. The van der Waals surface area contributed by atoms with Crippen molar-refractivity contribution in [3.05, 3.63) is 76.3 Å². The van der Waals surface area contributed by atoms with Crippen LogP contribution in [0, 0.1) is 11.6 Å². The molecule has 1 aliphatic carbocycles. The van der Waals surface area contributed by atoms with Crippen LogP contribution in [-0.2, 0) is 11.2 Å². The van der Waals surface area contributed by atoms with Crippen molar-refractivity contribution in [2.45, 2.75) is 18.8 Å². The Balaban J connectivity index is 1.47. The standard InChI is InChI=1S/C20H15F2N3O2S/c21-12-6-4-11(5-7-12)18(26)25-20-24-17-15(8-9-16(17)28-20)19(27)23-14-3-1-2-13(22)10-14/h1-7,10,15H,8-9H2,(H,23,27)(H,24,25,26)/t15-/m1/s1. The average molecular weight is 399 g/mol. The van der Waals surface area contributed by atoms with E-state index in [1.54, 1.807) is 6.07 Å². The number of hydrogen-bond acceptors (Lipinski definition) is 4. The number of halogens is 2. The molecule has 2 N–H and O–H groups in total. The number of nitrogens with one attached hydrogen (secondary N) is 2. The number of thiazole rings is 1. The van der Waals surface area contributed by atoms with Crippen LogP contribution in [0.5, 0.6) is 0 Å². The van der Waals surface area contributed by atoms with E-state index in [0.29, 0.717) is 34.9 Å². The van der Waals surface area contributed by atoms with Gasteiger partial charge in [-0.05, 0) is 55.3 Å². The number of carbonyl (C=O) groups is 2. The number of fused-ring (bicyclic) bond motifs is 1. The second kappa shape index (κ2) is 7.47. The van der Waals surface area contributed by atoms with Gasteiger partial charge in [0, 0.05) is 16.1 Å². The topological polar surface area (TPSA) is 71.1 Å². The Morgan fingerprint density at radius 2 is 1.82 bits per heavy atom. The number of carbonyl (C=O) groups excluding carboxylic acids is 2. The van der Waals surface area contributed by atoms with E-state index in [0.717, 1.165) is 4.88 Å². The second-order valence-corrected chi connectivity index (χ2v) is 7.46. The molecule has 0 aliphatic heterocycles. The first-order valence-electron chi connectivity index (χ1n) is 8.62. The van der Waals surface area contributed by atoms with Crippen molar-refractivity contribution >= 4 is 34.0 Å². The Hall–Kier alpha value is -3.13. The maximum Gasteiger partial charge on any atom is 0.257 e. The van der Waals surface area contributed by atoms with Crippen LogP contribution in [0.3, 0.4) is 0 Å². The molecule has 8 heteroatoms. The molecule has 28 heavy (non-hydrogen) atoms. The summed E-state index contributed by atoms with van der Waals surface area (Å²) in [6.07, 6.45) is 1.29. The highest BCUT2D eigenvalue weighted by Crippen LogP contribution is 2.39. The zero-order valence-electron chi connectivity index (χ0n) is 14.5. The lowest BCUT2D eigenvalue weighted by molar-refractivity contribution is -0.117. The minimum atomic E-state index is -0.453. The lowest BCUT2D eigenvalue weighted by atomic mass is 10.1. The molecule has 3 aromatic rings. The van der Waals surface area contributed by atoms with Gasteiger partial charge < -0.3 is 5.32 Å². The SMILES string of the molecule is O=C(Nc1nc2c(s1)CC[C@H]2C(=O)Nc1cccc(F)c1)c1ccc(F)cc1. The molecule has 1 aromatic heterocycles. The summed E-state index contributed by atoms with van der Waals surface area (Å²) in [5.41, 5.74) is 1.34. The molecular weight excluding hydrogens is 384 g/mol. The Kier molecular flexibility index (Phi) is 4.87. The molecule has 0 bridgehead atoms. The van der Waals surface area contributed by atoms with Gasteiger partial charge >= 0.3 is 0 Å². The van der Waals surface area contributed by atoms with Gasteiger partial charge in [-0.25, -0.2) is 13.8 Å². The first-order chi connectivity index (χ1) is 13.5. The van der Waals surface area contributed by atoms with Crippen molar-refractivity contribution in [2.24, 2.45) is 0 Å². The number of aryl methyl sites for hydroxylation is 1. The predicted octanol–water partition coefficient (Wildman–Crippen LogP) is 4.34. The molecule has 0 saturated carbocycles. The van der Waals surface area contributed by atoms with Gasteiger partial charge in [-0.2, -0.15) is 0 Å². The number of benzene rings is 2. The molecule has 4 rings (SSSR count). The summed E-state index contributed by atoms with van der Waals surface area (Å²) in [5, 5.41) is 5.79. The van der Waals surface area contributed by atoms with E-state index in [1.165, 1.54) is 53.8 Å². The fourth-order valence-corrected chi connectivity index (χ4v) is 4.14. The number of nitrogens with zero attached hydrogens (tertiary/aromatic N) is 1. The van der Waals surface area contributed by atoms with Crippen molar-refractivity contribution in [2.75, 3.05) is 10.6 Å². The predicted molar refractivity (Wildman–Crippen MR) is 103 cm³/mol. The molecule has 1 heterocycles. The van der Waals surface area contributed by atoms with E-state index in [2.05, 4.69) is 15.6 Å². The number of hydrogen-bond donors (Lipinski definition) is 2. The van der Waals surface area contributed by atoms with Gasteiger partial charge in [0.25, 0.3) is 5.91 Å². The first kappa shape index (κ1) is 18.2. The van der Waals surface area contributed by atoms with Crippen molar-refractivity contribution < 1.29 is 18.4 Å². The van der Waals surface area contributed by atoms with Crippen LogP contribution in [0.25, 0.3) is 0 Å². The van der Waals surface area contributed by atoms with Crippen molar-refractivity contribution in [1.82, 2.24) is 4.98 Å². The fraction of sp³-hybridized carbons (Fsp3) is 0.150. The van der Waals surface area contributed by atoms with E-state index >= 15 is 0 Å². The summed E-state index contributed by atoms with van der Waals surface area (Å²) in [6, 6.07) is 10.9. The highest BCUT2D eigenvalue weighted by molar-refractivity contribution is 7.16. The molecule has 5 nitrogen and oxygen atoms in total. The molecule has 0 unspecified atom stereocenters. The summed E-state index contributed by atoms with van der Waals surface area (Å²) < 4.78 is 26.3. The number of anilines is 2. The minimum absolute atomic E-state index is 0.258. The molecule has 2 amide bonds. The van der Waals surface area contributed by atoms with Crippen LogP contribution in [0.2, 0.25) is 0 Å². The number of amides is 2. The normalized spacial score (nSPS) is 15.1. The monoisotopic (exact) mass is 399 g/mol. The van der Waals surface area contributed by atoms with Gasteiger partial charge in [0.05, 0.1) is 11.6 Å². The van der Waals surface area contributed by atoms with E-state index in [-0.39, 0.29) is 5.91 Å². The van der Waals surface area contributed by atoms with Crippen LogP contribution >= 0.6 is 11.3 Å². The second-order valence-electron chi connectivity index (χ2n) is 6.38. The smallest absolute Gasteiger partial charge is 0.257 e. The molecule has 0 radical (unpaired) electrons. The minimum Gasteiger partial charge on any atom is -0.325 e. The summed E-state index contributed by atoms with van der Waals surface area (Å²) in [4.78, 5) is 30.2. The molecule has 0 fully saturated rings. The van der Waals surface area contributed by atoms with Crippen LogP contribution in [0.15, 0.2) is 48.5 Å². The van der Waals surface area contributed by atoms with Gasteiger partial charge in [0.2, 0.25) is 5.91 Å². The molecule has 1 aliphatic rings. The van der Waals surface area contributed by atoms with E-state index < -0.39 is 23.5 Å². The Morgan fingerprint density at radius 3 is 2.57 bits per heavy atom. The Labute approximate surface area is 163 Å². The molecule has 2 aromatic carbocycles. The summed E-state index contributed by atoms with van der Waals surface area (Å²) in [6.45, 7) is 0. The summed E-state index contributed by atoms with van der Waals surface area (Å²) in [5.74, 6) is -1.95. The highest BCUT2D eigenvalue weighted by atomic mass is 32.1. The van der Waals surface area contributed by atoms with Crippen LogP contribution in [0.4, 0.5) is 19.6 Å². The third-order valence-electron chi connectivity index (χ3n) is 4.45. The number of rotatable bonds is 4. The third-order valence-corrected chi connectivity index (χ3v) is 5.50. The van der Waals surface area contributed by atoms with Gasteiger partial charge in [0.15, 0.2) is 5.13 Å². The summed E-state index contributed by atoms with van der Waals surface area (Å²) in [7, 11) is 0. The largest absolute Gasteiger partial charge is 0.325 e. The number of aromatic nitrogens is 1. The Morgan fingerprint density at radius 1 is 1.04 bits per heavy atom. The molecule has 0 spiro atoms. The fourth-order valence-electron chi connectivity index (χ4n) is 3.10. The molecule has 1 atom stereocenters. The quantitative estimate of drug-likeness (QED) is 0.686. The summed E-state index contributed by atoms with van der Waals surface area (Å²) >= 11 is 1.32. The average Bonchev–Trinajstić information content (AvgIpc) is 3.22. The van der Waals surface area contributed by atoms with Crippen molar-refractivity contribution in [3.63, 3.8) is 0 Å². The lowest BCUT2D eigenvalue weighted by Gasteiger charge is -2.10. The van der Waals surface area contributed by atoms with E-state index in [9.17, 15) is 18.4 Å². The van der Waals surface area contributed by atoms with E-state index in [4.69, 9.17) is 0 Å². The zero-order valence-corrected chi connectivity index (χ0v) is 15.4. The van der Waals surface area contributed by atoms with Gasteiger partial charge in [-0.3, -0.25) is 14.9 Å². The Bertz CT molecular complexity index is 1050. The van der Waals surface area contributed by atoms with Gasteiger partial charge in [-0.15, -0.1) is 11.3 Å². The van der Waals surface area contributed by atoms with Crippen LogP contribution < -0.4 is 10.6 Å². The highest BCUT2D eigenvalue weighted by Gasteiger charge is 2.33. The first-order valence-corrected chi connectivity index (χ1v) is 9.44. The molecule has 142 valence electrons. The third kappa shape index (κ3) is 3.77. The van der Waals surface area contributed by atoms with Gasteiger partial charge in [-0.1, -0.05) is 6.07 Å². The van der Waals surface area contributed by atoms with Crippen molar-refractivity contribution in [3.8, 4) is 0 Å². The van der Waals surface area contributed by atoms with E-state index in [1.807, 2.05) is 0 Å². The van der Waals surface area contributed by atoms with Gasteiger partial charge in [0.1, 0.15) is 11.6 Å².